The standard InChI is InChI=1S/C19H32N4O3.HI/c1-7-10-26-15-9-8-14(11-16(15)25-6)12-21-18(20-5)22-13-17(24)23-19(2,3)4;/h8-9,11H,7,10,12-13H2,1-6H3,(H,23,24)(H2,20,21,22);1H. The molecule has 0 atom stereocenters. The Balaban J connectivity index is 0.00000676. The van der Waals surface area contributed by atoms with Crippen molar-refractivity contribution < 1.29 is 14.3 Å². The number of ether oxygens (including phenoxy) is 2. The van der Waals surface area contributed by atoms with Gasteiger partial charge in [-0.25, -0.2) is 0 Å². The van der Waals surface area contributed by atoms with Gasteiger partial charge in [-0.1, -0.05) is 13.0 Å². The average molecular weight is 492 g/mol. The third-order valence-corrected chi connectivity index (χ3v) is 3.30. The minimum absolute atomic E-state index is 0. The van der Waals surface area contributed by atoms with E-state index < -0.39 is 0 Å². The molecule has 0 saturated heterocycles. The number of methoxy groups -OCH3 is 1. The number of halogens is 1. The second kappa shape index (κ2) is 12.6. The van der Waals surface area contributed by atoms with Gasteiger partial charge in [0.05, 0.1) is 20.3 Å². The molecule has 1 aromatic rings. The second-order valence-electron chi connectivity index (χ2n) is 6.91. The predicted octanol–water partition coefficient (Wildman–Crippen LogP) is 2.68. The third-order valence-electron chi connectivity index (χ3n) is 3.30. The van der Waals surface area contributed by atoms with Crippen LogP contribution in [-0.4, -0.2) is 44.7 Å². The van der Waals surface area contributed by atoms with Gasteiger partial charge in [0.25, 0.3) is 0 Å². The van der Waals surface area contributed by atoms with Crippen molar-refractivity contribution in [2.75, 3.05) is 27.3 Å². The summed E-state index contributed by atoms with van der Waals surface area (Å²) in [6.45, 7) is 9.25. The van der Waals surface area contributed by atoms with E-state index in [2.05, 4.69) is 27.9 Å². The first-order valence-corrected chi connectivity index (χ1v) is 8.84. The summed E-state index contributed by atoms with van der Waals surface area (Å²) in [7, 11) is 3.29. The first kappa shape index (κ1) is 25.3. The van der Waals surface area contributed by atoms with E-state index >= 15 is 0 Å². The summed E-state index contributed by atoms with van der Waals surface area (Å²) in [6, 6.07) is 5.80. The Morgan fingerprint density at radius 3 is 2.44 bits per heavy atom. The normalized spacial score (nSPS) is 11.3. The van der Waals surface area contributed by atoms with Gasteiger partial charge in [0.1, 0.15) is 0 Å². The Bertz CT molecular complexity index is 615. The molecule has 0 aliphatic rings. The van der Waals surface area contributed by atoms with Crippen molar-refractivity contribution in [3.05, 3.63) is 23.8 Å². The quantitative estimate of drug-likeness (QED) is 0.295. The lowest BCUT2D eigenvalue weighted by Gasteiger charge is -2.21. The molecule has 0 heterocycles. The average Bonchev–Trinajstić information content (AvgIpc) is 2.58. The lowest BCUT2D eigenvalue weighted by Crippen LogP contribution is -2.48. The molecule has 27 heavy (non-hydrogen) atoms. The van der Waals surface area contributed by atoms with Crippen molar-refractivity contribution in [1.82, 2.24) is 16.0 Å². The number of rotatable bonds is 8. The van der Waals surface area contributed by atoms with Crippen LogP contribution < -0.4 is 25.4 Å². The van der Waals surface area contributed by atoms with Gasteiger partial charge in [-0.15, -0.1) is 24.0 Å². The summed E-state index contributed by atoms with van der Waals surface area (Å²) in [6.07, 6.45) is 0.942. The van der Waals surface area contributed by atoms with Gasteiger partial charge < -0.3 is 25.4 Å². The first-order valence-electron chi connectivity index (χ1n) is 8.84. The second-order valence-corrected chi connectivity index (χ2v) is 6.91. The molecule has 0 saturated carbocycles. The molecule has 8 heteroatoms. The van der Waals surface area contributed by atoms with Crippen LogP contribution in [0.25, 0.3) is 0 Å². The van der Waals surface area contributed by atoms with Crippen LogP contribution in [0.5, 0.6) is 11.5 Å². The maximum absolute atomic E-state index is 11.9. The van der Waals surface area contributed by atoms with Crippen LogP contribution in [0, 0.1) is 0 Å². The van der Waals surface area contributed by atoms with Crippen molar-refractivity contribution in [3.8, 4) is 11.5 Å². The zero-order chi connectivity index (χ0) is 19.6. The van der Waals surface area contributed by atoms with E-state index in [9.17, 15) is 4.79 Å². The Morgan fingerprint density at radius 1 is 1.19 bits per heavy atom. The number of amides is 1. The number of hydrogen-bond donors (Lipinski definition) is 3. The van der Waals surface area contributed by atoms with Gasteiger partial charge in [0.2, 0.25) is 5.91 Å². The molecule has 0 aliphatic heterocycles. The molecule has 0 radical (unpaired) electrons. The number of carbonyl (C=O) groups excluding carboxylic acids is 1. The maximum Gasteiger partial charge on any atom is 0.239 e. The van der Waals surface area contributed by atoms with Gasteiger partial charge in [0.15, 0.2) is 17.5 Å². The van der Waals surface area contributed by atoms with E-state index in [1.54, 1.807) is 14.2 Å². The maximum atomic E-state index is 11.9. The van der Waals surface area contributed by atoms with Gasteiger partial charge in [-0.2, -0.15) is 0 Å². The van der Waals surface area contributed by atoms with Crippen molar-refractivity contribution in [3.63, 3.8) is 0 Å². The molecule has 3 N–H and O–H groups in total. The number of benzene rings is 1. The van der Waals surface area contributed by atoms with Crippen LogP contribution in [-0.2, 0) is 11.3 Å². The Hall–Kier alpha value is -1.71. The van der Waals surface area contributed by atoms with E-state index in [-0.39, 0.29) is 42.0 Å². The predicted molar refractivity (Wildman–Crippen MR) is 120 cm³/mol. The van der Waals surface area contributed by atoms with E-state index in [1.807, 2.05) is 39.0 Å². The van der Waals surface area contributed by atoms with Gasteiger partial charge in [-0.05, 0) is 44.9 Å². The highest BCUT2D eigenvalue weighted by Gasteiger charge is 2.13. The molecule has 1 amide bonds. The van der Waals surface area contributed by atoms with Gasteiger partial charge in [-0.3, -0.25) is 9.79 Å². The number of hydrogen-bond acceptors (Lipinski definition) is 4. The molecule has 0 spiro atoms. The Morgan fingerprint density at radius 2 is 1.89 bits per heavy atom. The van der Waals surface area contributed by atoms with Crippen LogP contribution in [0.3, 0.4) is 0 Å². The highest BCUT2D eigenvalue weighted by molar-refractivity contribution is 14.0. The van der Waals surface area contributed by atoms with Gasteiger partial charge >= 0.3 is 0 Å². The molecule has 1 aromatic carbocycles. The third kappa shape index (κ3) is 10.3. The molecule has 1 rings (SSSR count). The fourth-order valence-electron chi connectivity index (χ4n) is 2.19. The SMILES string of the molecule is CCCOc1ccc(CNC(=NC)NCC(=O)NC(C)(C)C)cc1OC.I. The minimum atomic E-state index is -0.256. The Kier molecular flexibility index (Phi) is 11.8. The lowest BCUT2D eigenvalue weighted by atomic mass is 10.1. The number of nitrogens with zero attached hydrogens (tertiary/aromatic N) is 1. The van der Waals surface area contributed by atoms with Crippen molar-refractivity contribution in [1.29, 1.82) is 0 Å². The number of aliphatic imine (C=N–C) groups is 1. The zero-order valence-corrected chi connectivity index (χ0v) is 19.5. The highest BCUT2D eigenvalue weighted by Crippen LogP contribution is 2.28. The van der Waals surface area contributed by atoms with Crippen LogP contribution in [0.4, 0.5) is 0 Å². The lowest BCUT2D eigenvalue weighted by molar-refractivity contribution is -0.121. The number of carbonyl (C=O) groups is 1. The summed E-state index contributed by atoms with van der Waals surface area (Å²) in [5, 5.41) is 9.08. The molecule has 154 valence electrons. The monoisotopic (exact) mass is 492 g/mol. The summed E-state index contributed by atoms with van der Waals surface area (Å²) in [4.78, 5) is 16.0. The first-order chi connectivity index (χ1) is 12.3. The van der Waals surface area contributed by atoms with Crippen LogP contribution in [0.15, 0.2) is 23.2 Å². The van der Waals surface area contributed by atoms with Crippen LogP contribution >= 0.6 is 24.0 Å². The molecule has 0 bridgehead atoms. The Labute approximate surface area is 179 Å². The zero-order valence-electron chi connectivity index (χ0n) is 17.1. The molecule has 7 nitrogen and oxygen atoms in total. The largest absolute Gasteiger partial charge is 0.493 e. The van der Waals surface area contributed by atoms with Crippen LogP contribution in [0.2, 0.25) is 0 Å². The van der Waals surface area contributed by atoms with E-state index in [0.29, 0.717) is 24.9 Å². The van der Waals surface area contributed by atoms with E-state index in [4.69, 9.17) is 9.47 Å². The minimum Gasteiger partial charge on any atom is -0.493 e. The molecule has 0 aliphatic carbocycles. The van der Waals surface area contributed by atoms with Gasteiger partial charge in [0, 0.05) is 19.1 Å². The summed E-state index contributed by atoms with van der Waals surface area (Å²) in [5.41, 5.74) is 0.765. The fourth-order valence-corrected chi connectivity index (χ4v) is 2.19. The van der Waals surface area contributed by atoms with E-state index in [0.717, 1.165) is 17.7 Å². The topological polar surface area (TPSA) is 84.0 Å². The summed E-state index contributed by atoms with van der Waals surface area (Å²) in [5.74, 6) is 1.91. The number of guanidine groups is 1. The summed E-state index contributed by atoms with van der Waals surface area (Å²) >= 11 is 0. The smallest absolute Gasteiger partial charge is 0.239 e. The number of nitrogens with one attached hydrogen (secondary N) is 3. The van der Waals surface area contributed by atoms with Crippen molar-refractivity contribution in [2.24, 2.45) is 4.99 Å². The highest BCUT2D eigenvalue weighted by atomic mass is 127. The molecular weight excluding hydrogens is 459 g/mol. The molecule has 0 aromatic heterocycles. The summed E-state index contributed by atoms with van der Waals surface area (Å²) < 4.78 is 11.0. The molecular formula is C19H33IN4O3. The van der Waals surface area contributed by atoms with Crippen molar-refractivity contribution in [2.45, 2.75) is 46.2 Å². The van der Waals surface area contributed by atoms with Crippen LogP contribution in [0.1, 0.15) is 39.7 Å². The fraction of sp³-hybridized carbons (Fsp3) is 0.579. The molecule has 0 unspecified atom stereocenters. The molecule has 0 fully saturated rings. The van der Waals surface area contributed by atoms with E-state index in [1.165, 1.54) is 0 Å². The van der Waals surface area contributed by atoms with Crippen molar-refractivity contribution >= 4 is 35.8 Å².